The van der Waals surface area contributed by atoms with E-state index in [2.05, 4.69) is 51.2 Å². The van der Waals surface area contributed by atoms with Crippen LogP contribution in [0.4, 0.5) is 0 Å². The number of ether oxygens (including phenoxy) is 1. The first-order valence-corrected chi connectivity index (χ1v) is 7.91. The Bertz CT molecular complexity index is 433. The van der Waals surface area contributed by atoms with Gasteiger partial charge in [-0.15, -0.1) is 12.4 Å². The van der Waals surface area contributed by atoms with Crippen LogP contribution in [-0.2, 0) is 5.41 Å². The van der Waals surface area contributed by atoms with Crippen LogP contribution in [0.1, 0.15) is 51.2 Å². The molecule has 1 aromatic rings. The molecule has 1 fully saturated rings. The van der Waals surface area contributed by atoms with Crippen LogP contribution in [0.2, 0.25) is 0 Å². The molecular weight excluding hydrogens is 282 g/mol. The van der Waals surface area contributed by atoms with E-state index in [1.807, 2.05) is 0 Å². The van der Waals surface area contributed by atoms with Gasteiger partial charge in [0.15, 0.2) is 0 Å². The lowest BCUT2D eigenvalue weighted by atomic mass is 9.85. The summed E-state index contributed by atoms with van der Waals surface area (Å²) in [5.41, 5.74) is 2.76. The fourth-order valence-electron chi connectivity index (χ4n) is 2.86. The van der Waals surface area contributed by atoms with Crippen molar-refractivity contribution in [2.45, 2.75) is 52.4 Å². The van der Waals surface area contributed by atoms with Crippen LogP contribution < -0.4 is 10.1 Å². The van der Waals surface area contributed by atoms with E-state index in [4.69, 9.17) is 4.74 Å². The minimum absolute atomic E-state index is 0. The van der Waals surface area contributed by atoms with Gasteiger partial charge in [0.1, 0.15) is 5.75 Å². The molecule has 0 saturated carbocycles. The average Bonchev–Trinajstić information content (AvgIpc) is 2.40. The number of hydrogen-bond donors (Lipinski definition) is 1. The van der Waals surface area contributed by atoms with E-state index >= 15 is 0 Å². The molecule has 0 bridgehead atoms. The van der Waals surface area contributed by atoms with Gasteiger partial charge in [-0.05, 0) is 62.2 Å². The van der Waals surface area contributed by atoms with Crippen molar-refractivity contribution in [2.24, 2.45) is 5.92 Å². The predicted octanol–water partition coefficient (Wildman–Crippen LogP) is 4.48. The molecule has 1 unspecified atom stereocenters. The molecule has 0 aliphatic carbocycles. The molecule has 1 aromatic carbocycles. The zero-order chi connectivity index (χ0) is 14.6. The van der Waals surface area contributed by atoms with Crippen molar-refractivity contribution in [3.05, 3.63) is 29.3 Å². The summed E-state index contributed by atoms with van der Waals surface area (Å²) in [6.07, 6.45) is 3.81. The maximum Gasteiger partial charge on any atom is 0.123 e. The first-order valence-electron chi connectivity index (χ1n) is 7.91. The predicted molar refractivity (Wildman–Crippen MR) is 92.8 cm³/mol. The molecule has 3 heteroatoms. The van der Waals surface area contributed by atoms with Crippen molar-refractivity contribution >= 4 is 12.4 Å². The molecule has 1 N–H and O–H groups in total. The molecule has 1 atom stereocenters. The maximum atomic E-state index is 6.09. The second kappa shape index (κ2) is 8.05. The first-order chi connectivity index (χ1) is 9.47. The topological polar surface area (TPSA) is 21.3 Å². The van der Waals surface area contributed by atoms with Crippen molar-refractivity contribution in [3.8, 4) is 5.75 Å². The van der Waals surface area contributed by atoms with Crippen molar-refractivity contribution in [1.29, 1.82) is 0 Å². The molecule has 120 valence electrons. The summed E-state index contributed by atoms with van der Waals surface area (Å²) in [5, 5.41) is 3.47. The lowest BCUT2D eigenvalue weighted by Crippen LogP contribution is -2.30. The second-order valence-corrected chi connectivity index (χ2v) is 7.10. The molecule has 0 amide bonds. The Hall–Kier alpha value is -0.730. The molecule has 21 heavy (non-hydrogen) atoms. The van der Waals surface area contributed by atoms with E-state index in [1.54, 1.807) is 0 Å². The van der Waals surface area contributed by atoms with Crippen molar-refractivity contribution in [1.82, 2.24) is 5.32 Å². The Morgan fingerprint density at radius 1 is 1.29 bits per heavy atom. The van der Waals surface area contributed by atoms with Gasteiger partial charge in [-0.3, -0.25) is 0 Å². The third-order valence-electron chi connectivity index (χ3n) is 4.13. The number of rotatable bonds is 4. The monoisotopic (exact) mass is 311 g/mol. The summed E-state index contributed by atoms with van der Waals surface area (Å²) in [4.78, 5) is 0. The molecule has 2 rings (SSSR count). The normalized spacial score (nSPS) is 19.0. The van der Waals surface area contributed by atoms with Crippen LogP contribution in [0.5, 0.6) is 5.75 Å². The quantitative estimate of drug-likeness (QED) is 0.885. The van der Waals surface area contributed by atoms with Crippen molar-refractivity contribution in [3.63, 3.8) is 0 Å². The van der Waals surface area contributed by atoms with E-state index in [1.165, 1.54) is 30.5 Å². The molecule has 1 aliphatic heterocycles. The summed E-state index contributed by atoms with van der Waals surface area (Å²) in [7, 11) is 0. The fraction of sp³-hybridized carbons (Fsp3) is 0.667. The Kier molecular flexibility index (Phi) is 7.02. The van der Waals surface area contributed by atoms with Crippen LogP contribution in [0.15, 0.2) is 18.2 Å². The number of benzene rings is 1. The van der Waals surface area contributed by atoms with Gasteiger partial charge >= 0.3 is 0 Å². The van der Waals surface area contributed by atoms with Gasteiger partial charge in [0.2, 0.25) is 0 Å². The Morgan fingerprint density at radius 2 is 2.05 bits per heavy atom. The number of piperidine rings is 1. The second-order valence-electron chi connectivity index (χ2n) is 7.10. The molecule has 0 spiro atoms. The number of hydrogen-bond acceptors (Lipinski definition) is 2. The maximum absolute atomic E-state index is 6.09. The fourth-order valence-corrected chi connectivity index (χ4v) is 2.86. The van der Waals surface area contributed by atoms with Crippen molar-refractivity contribution in [2.75, 3.05) is 19.7 Å². The van der Waals surface area contributed by atoms with Crippen LogP contribution in [0, 0.1) is 12.8 Å². The van der Waals surface area contributed by atoms with Crippen LogP contribution in [0.3, 0.4) is 0 Å². The number of aryl methyl sites for hydroxylation is 1. The summed E-state index contributed by atoms with van der Waals surface area (Å²) in [6.45, 7) is 12.1. The summed E-state index contributed by atoms with van der Waals surface area (Å²) >= 11 is 0. The summed E-state index contributed by atoms with van der Waals surface area (Å²) in [5.74, 6) is 1.85. The van der Waals surface area contributed by atoms with E-state index in [0.717, 1.165) is 31.2 Å². The highest BCUT2D eigenvalue weighted by atomic mass is 35.5. The highest BCUT2D eigenvalue weighted by molar-refractivity contribution is 5.85. The van der Waals surface area contributed by atoms with E-state index in [-0.39, 0.29) is 17.8 Å². The average molecular weight is 312 g/mol. The molecule has 0 aromatic heterocycles. The van der Waals surface area contributed by atoms with Gasteiger partial charge in [-0.2, -0.15) is 0 Å². The van der Waals surface area contributed by atoms with Gasteiger partial charge in [0.05, 0.1) is 6.61 Å². The first kappa shape index (κ1) is 18.3. The Morgan fingerprint density at radius 3 is 2.67 bits per heavy atom. The Labute approximate surface area is 136 Å². The zero-order valence-electron chi connectivity index (χ0n) is 13.9. The molecule has 2 nitrogen and oxygen atoms in total. The zero-order valence-corrected chi connectivity index (χ0v) is 14.7. The lowest BCUT2D eigenvalue weighted by molar-refractivity contribution is 0.250. The highest BCUT2D eigenvalue weighted by Crippen LogP contribution is 2.32. The summed E-state index contributed by atoms with van der Waals surface area (Å²) in [6, 6.07) is 6.54. The molecule has 1 aliphatic rings. The van der Waals surface area contributed by atoms with Gasteiger partial charge in [-0.25, -0.2) is 0 Å². The SMILES string of the molecule is Cc1ccc(OCCC2CCCNC2)c(C(C)(C)C)c1.Cl. The molecule has 1 saturated heterocycles. The summed E-state index contributed by atoms with van der Waals surface area (Å²) < 4.78 is 6.09. The lowest BCUT2D eigenvalue weighted by Gasteiger charge is -2.25. The molecule has 1 heterocycles. The van der Waals surface area contributed by atoms with Gasteiger partial charge < -0.3 is 10.1 Å². The minimum Gasteiger partial charge on any atom is -0.493 e. The third-order valence-corrected chi connectivity index (χ3v) is 4.13. The van der Waals surface area contributed by atoms with Gasteiger partial charge in [0, 0.05) is 0 Å². The largest absolute Gasteiger partial charge is 0.493 e. The van der Waals surface area contributed by atoms with Crippen LogP contribution in [0.25, 0.3) is 0 Å². The van der Waals surface area contributed by atoms with E-state index in [0.29, 0.717) is 0 Å². The highest BCUT2D eigenvalue weighted by Gasteiger charge is 2.19. The van der Waals surface area contributed by atoms with E-state index in [9.17, 15) is 0 Å². The van der Waals surface area contributed by atoms with Gasteiger partial charge in [0.25, 0.3) is 0 Å². The number of nitrogens with one attached hydrogen (secondary N) is 1. The van der Waals surface area contributed by atoms with Crippen LogP contribution in [-0.4, -0.2) is 19.7 Å². The van der Waals surface area contributed by atoms with Crippen molar-refractivity contribution < 1.29 is 4.74 Å². The molecular formula is C18H30ClNO. The smallest absolute Gasteiger partial charge is 0.123 e. The minimum atomic E-state index is 0. The van der Waals surface area contributed by atoms with E-state index < -0.39 is 0 Å². The molecule has 0 radical (unpaired) electrons. The Balaban J connectivity index is 0.00000220. The van der Waals surface area contributed by atoms with Crippen LogP contribution >= 0.6 is 12.4 Å². The van der Waals surface area contributed by atoms with Gasteiger partial charge in [-0.1, -0.05) is 38.5 Å². The standard InChI is InChI=1S/C18H29NO.ClH/c1-14-7-8-17(16(12-14)18(2,3)4)20-11-9-15-6-5-10-19-13-15;/h7-8,12,15,19H,5-6,9-11,13H2,1-4H3;1H. The third kappa shape index (κ3) is 5.52. The number of halogens is 1.